The van der Waals surface area contributed by atoms with Gasteiger partial charge in [-0.05, 0) is 17.1 Å². The van der Waals surface area contributed by atoms with Crippen molar-refractivity contribution in [3.63, 3.8) is 0 Å². The number of benzene rings is 1. The number of nitriles is 1. The maximum atomic E-state index is 8.88. The lowest BCUT2D eigenvalue weighted by atomic mass is 10.1. The molecule has 0 bridgehead atoms. The minimum atomic E-state index is 0.288. The monoisotopic (exact) mass is 614 g/mol. The fourth-order valence-corrected chi connectivity index (χ4v) is 2.19. The van der Waals surface area contributed by atoms with Crippen LogP contribution in [0.5, 0.6) is 0 Å². The van der Waals surface area contributed by atoms with E-state index in [1.807, 2.05) is 30.3 Å². The average molecular weight is 614 g/mol. The van der Waals surface area contributed by atoms with Crippen molar-refractivity contribution in [2.24, 2.45) is 0 Å². The quantitative estimate of drug-likeness (QED) is 0.296. The topological polar surface area (TPSA) is 36.7 Å². The Balaban J connectivity index is 0.000000357. The van der Waals surface area contributed by atoms with Crippen LogP contribution in [0.15, 0.2) is 30.3 Å². The molecule has 2 rings (SSSR count). The summed E-state index contributed by atoms with van der Waals surface area (Å²) in [6.45, 7) is 0. The second-order valence-electron chi connectivity index (χ2n) is 2.90. The Bertz CT molecular complexity index is 534. The summed E-state index contributed by atoms with van der Waals surface area (Å²) >= 11 is 14.0. The van der Waals surface area contributed by atoms with E-state index < -0.39 is 0 Å². The van der Waals surface area contributed by atoms with Crippen molar-refractivity contribution in [3.8, 4) is 16.5 Å². The molecule has 2 nitrogen and oxygen atoms in total. The zero-order valence-electron chi connectivity index (χ0n) is 8.78. The van der Waals surface area contributed by atoms with E-state index in [1.165, 1.54) is 11.5 Å². The minimum Gasteiger partial charge on any atom is -0.192 e. The smallest absolute Gasteiger partial charge is 0.161 e. The van der Waals surface area contributed by atoms with Gasteiger partial charge in [-0.1, -0.05) is 110 Å². The van der Waals surface area contributed by atoms with Crippen LogP contribution in [-0.2, 0) is 0 Å². The molecule has 7 heteroatoms. The molecule has 0 fully saturated rings. The van der Waals surface area contributed by atoms with Crippen molar-refractivity contribution >= 4 is 90.9 Å². The van der Waals surface area contributed by atoms with Crippen LogP contribution in [0.1, 0.15) is 5.56 Å². The summed E-state index contributed by atoms with van der Waals surface area (Å²) in [5.74, 6) is 0. The molecule has 0 aliphatic rings. The molecule has 0 amide bonds. The van der Waals surface area contributed by atoms with Crippen molar-refractivity contribution in [2.45, 2.75) is -0.0619 Å². The molecule has 0 radical (unpaired) electrons. The van der Waals surface area contributed by atoms with Crippen LogP contribution in [0.3, 0.4) is 0 Å². The Labute approximate surface area is 156 Å². The third-order valence-electron chi connectivity index (χ3n) is 1.80. The molecule has 18 heavy (non-hydrogen) atoms. The molecule has 0 N–H and O–H groups in total. The largest absolute Gasteiger partial charge is 0.192 e. The van der Waals surface area contributed by atoms with Crippen LogP contribution >= 0.6 is 90.9 Å². The number of alkyl halides is 3. The van der Waals surface area contributed by atoms with Gasteiger partial charge in [0.15, 0.2) is 5.15 Å². The first-order valence-corrected chi connectivity index (χ1v) is 9.48. The van der Waals surface area contributed by atoms with E-state index in [0.717, 1.165) is 10.4 Å². The molecule has 0 spiro atoms. The highest BCUT2D eigenvalue weighted by atomic mass is 127. The second kappa shape index (κ2) is 8.89. The molecule has 0 saturated heterocycles. The standard InChI is InChI=1S/C10H5ClN2S.CHI3/c11-10-8(6-12)9(14-13-10)7-4-2-1-3-5-7;2-1(3)4/h1-5H;1H. The maximum Gasteiger partial charge on any atom is 0.161 e. The van der Waals surface area contributed by atoms with Gasteiger partial charge < -0.3 is 0 Å². The summed E-state index contributed by atoms with van der Waals surface area (Å²) in [6, 6.07) is 11.7. The zero-order valence-corrected chi connectivity index (χ0v) is 16.8. The van der Waals surface area contributed by atoms with Crippen LogP contribution in [0, 0.1) is 11.3 Å². The molecule has 1 aromatic carbocycles. The molecule has 0 saturated carbocycles. The van der Waals surface area contributed by atoms with Gasteiger partial charge in [0.05, 0.1) is 4.88 Å². The molecule has 0 unspecified atom stereocenters. The van der Waals surface area contributed by atoms with Crippen molar-refractivity contribution < 1.29 is 0 Å². The van der Waals surface area contributed by atoms with Crippen LogP contribution in [-0.4, -0.2) is 4.31 Å². The molecule has 1 aromatic heterocycles. The third-order valence-corrected chi connectivity index (χ3v) is 3.07. The van der Waals surface area contributed by atoms with Gasteiger partial charge in [-0.2, -0.15) is 9.64 Å². The number of hydrogen-bond donors (Lipinski definition) is 0. The lowest BCUT2D eigenvalue weighted by molar-refractivity contribution is 1.47. The van der Waals surface area contributed by atoms with Crippen molar-refractivity contribution in [1.82, 2.24) is 4.37 Å². The molecule has 0 atom stereocenters. The maximum absolute atomic E-state index is 8.88. The Hall–Kier alpha value is 0.820. The Morgan fingerprint density at radius 3 is 2.28 bits per heavy atom. The van der Waals surface area contributed by atoms with Gasteiger partial charge in [0.1, 0.15) is 11.6 Å². The van der Waals surface area contributed by atoms with Gasteiger partial charge in [0, 0.05) is 0 Å². The van der Waals surface area contributed by atoms with E-state index in [-0.39, 0.29) is 5.15 Å². The predicted molar refractivity (Wildman–Crippen MR) is 103 cm³/mol. The van der Waals surface area contributed by atoms with E-state index in [9.17, 15) is 0 Å². The van der Waals surface area contributed by atoms with Gasteiger partial charge in [-0.3, -0.25) is 0 Å². The van der Waals surface area contributed by atoms with Gasteiger partial charge in [-0.15, -0.1) is 0 Å². The number of rotatable bonds is 1. The van der Waals surface area contributed by atoms with Crippen molar-refractivity contribution in [1.29, 1.82) is 5.26 Å². The molecule has 0 aliphatic carbocycles. The van der Waals surface area contributed by atoms with Crippen LogP contribution in [0.4, 0.5) is 0 Å². The summed E-state index contributed by atoms with van der Waals surface area (Å²) in [7, 11) is 0. The van der Waals surface area contributed by atoms with Gasteiger partial charge in [-0.25, -0.2) is 0 Å². The Morgan fingerprint density at radius 1 is 1.22 bits per heavy atom. The average Bonchev–Trinajstić information content (AvgIpc) is 2.71. The number of halogens is 4. The summed E-state index contributed by atoms with van der Waals surface area (Å²) < 4.78 is 4.69. The molecular formula is C11H6ClI3N2S. The normalized spacial score (nSPS) is 9.56. The van der Waals surface area contributed by atoms with Crippen LogP contribution in [0.25, 0.3) is 10.4 Å². The number of hydrogen-bond acceptors (Lipinski definition) is 3. The lowest BCUT2D eigenvalue weighted by Gasteiger charge is -1.95. The molecule has 0 aliphatic heterocycles. The highest BCUT2D eigenvalue weighted by Crippen LogP contribution is 2.31. The Morgan fingerprint density at radius 2 is 1.78 bits per heavy atom. The van der Waals surface area contributed by atoms with Crippen LogP contribution < -0.4 is 0 Å². The van der Waals surface area contributed by atoms with E-state index >= 15 is 0 Å². The number of nitrogens with zero attached hydrogens (tertiary/aromatic N) is 2. The summed E-state index contributed by atoms with van der Waals surface area (Å²) in [5, 5.41) is 9.17. The van der Waals surface area contributed by atoms with Gasteiger partial charge in [0.25, 0.3) is 0 Å². The summed E-state index contributed by atoms with van der Waals surface area (Å²) in [6.07, 6.45) is 0. The lowest BCUT2D eigenvalue weighted by Crippen LogP contribution is -1.76. The van der Waals surface area contributed by atoms with Crippen LogP contribution in [0.2, 0.25) is 5.15 Å². The first-order chi connectivity index (χ1) is 8.56. The minimum absolute atomic E-state index is 0.288. The first-order valence-electron chi connectivity index (χ1n) is 4.59. The molecule has 94 valence electrons. The zero-order chi connectivity index (χ0) is 13.5. The fourth-order valence-electron chi connectivity index (χ4n) is 1.15. The fraction of sp³-hybridized carbons (Fsp3) is 0.0909. The first kappa shape index (κ1) is 16.9. The predicted octanol–water partition coefficient (Wildman–Crippen LogP) is 5.91. The summed E-state index contributed by atoms with van der Waals surface area (Å²) in [4.78, 5) is 0.832. The van der Waals surface area contributed by atoms with E-state index in [2.05, 4.69) is 78.2 Å². The highest BCUT2D eigenvalue weighted by molar-refractivity contribution is 14.3. The third kappa shape index (κ3) is 5.44. The SMILES string of the molecule is IC(I)I.N#Cc1c(Cl)nsc1-c1ccccc1. The highest BCUT2D eigenvalue weighted by Gasteiger charge is 2.12. The van der Waals surface area contributed by atoms with E-state index in [1.54, 1.807) is 0 Å². The molecule has 1 heterocycles. The molecule has 2 aromatic rings. The second-order valence-corrected chi connectivity index (χ2v) is 14.9. The molecular weight excluding hydrogens is 608 g/mol. The number of aromatic nitrogens is 1. The van der Waals surface area contributed by atoms with Gasteiger partial charge >= 0.3 is 0 Å². The van der Waals surface area contributed by atoms with Crippen molar-refractivity contribution in [3.05, 3.63) is 41.0 Å². The van der Waals surface area contributed by atoms with E-state index in [4.69, 9.17) is 16.9 Å². The summed E-state index contributed by atoms with van der Waals surface area (Å²) in [5.41, 5.74) is 1.44. The van der Waals surface area contributed by atoms with E-state index in [0.29, 0.717) is 5.56 Å². The van der Waals surface area contributed by atoms with Crippen molar-refractivity contribution in [2.75, 3.05) is 0 Å². The van der Waals surface area contributed by atoms with Gasteiger partial charge in [0.2, 0.25) is 0 Å². The Kier molecular flexibility index (Phi) is 8.33.